The van der Waals surface area contributed by atoms with Crippen LogP contribution in [-0.2, 0) is 14.6 Å². The van der Waals surface area contributed by atoms with E-state index in [9.17, 15) is 8.42 Å². The highest BCUT2D eigenvalue weighted by Crippen LogP contribution is 2.15. The summed E-state index contributed by atoms with van der Waals surface area (Å²) in [5.41, 5.74) is 6.18. The largest absolute Gasteiger partial charge is 0.389 e. The van der Waals surface area contributed by atoms with Crippen molar-refractivity contribution in [3.63, 3.8) is 0 Å². The fraction of sp³-hybridized carbons (Fsp3) is 0.500. The van der Waals surface area contributed by atoms with Gasteiger partial charge in [-0.3, -0.25) is 4.90 Å². The van der Waals surface area contributed by atoms with Gasteiger partial charge in [-0.05, 0) is 18.6 Å². The van der Waals surface area contributed by atoms with Crippen molar-refractivity contribution < 1.29 is 13.2 Å². The number of nitrogens with zero attached hydrogens (tertiary/aromatic N) is 1. The smallest absolute Gasteiger partial charge is 0.179 e. The Morgan fingerprint density at radius 3 is 2.62 bits per heavy atom. The van der Waals surface area contributed by atoms with Gasteiger partial charge in [0.2, 0.25) is 0 Å². The number of sulfone groups is 1. The Kier molecular flexibility index (Phi) is 5.32. The molecule has 2 rings (SSSR count). The Morgan fingerprint density at radius 2 is 2.10 bits per heavy atom. The van der Waals surface area contributed by atoms with E-state index in [1.165, 1.54) is 0 Å². The normalized spacial score (nSPS) is 19.8. The molecule has 1 aromatic carbocycles. The molecule has 0 radical (unpaired) electrons. The summed E-state index contributed by atoms with van der Waals surface area (Å²) < 4.78 is 29.9. The number of hydrogen-bond donors (Lipinski definition) is 1. The zero-order chi connectivity index (χ0) is 15.5. The SMILES string of the molecule is COC1CCN(CCS(=O)(=O)c2ccc(C(N)=S)cc2)C1. The Bertz CT molecular complexity index is 599. The third-order valence-corrected chi connectivity index (χ3v) is 5.68. The summed E-state index contributed by atoms with van der Waals surface area (Å²) in [4.78, 5) is 2.70. The van der Waals surface area contributed by atoms with E-state index in [4.69, 9.17) is 22.7 Å². The van der Waals surface area contributed by atoms with Gasteiger partial charge in [0.05, 0.1) is 16.8 Å². The van der Waals surface area contributed by atoms with E-state index in [1.807, 2.05) is 0 Å². The maximum absolute atomic E-state index is 12.3. The molecular weight excluding hydrogens is 308 g/mol. The minimum Gasteiger partial charge on any atom is -0.389 e. The Hall–Kier alpha value is -1.02. The van der Waals surface area contributed by atoms with Crippen LogP contribution in [-0.4, -0.2) is 56.9 Å². The van der Waals surface area contributed by atoms with Gasteiger partial charge in [0.1, 0.15) is 4.99 Å². The van der Waals surface area contributed by atoms with Crippen LogP contribution >= 0.6 is 12.2 Å². The summed E-state index contributed by atoms with van der Waals surface area (Å²) >= 11 is 4.85. The molecule has 2 N–H and O–H groups in total. The first kappa shape index (κ1) is 16.4. The van der Waals surface area contributed by atoms with Crippen LogP contribution in [0.1, 0.15) is 12.0 Å². The lowest BCUT2D eigenvalue weighted by atomic mass is 10.2. The van der Waals surface area contributed by atoms with Gasteiger partial charge in [-0.1, -0.05) is 24.4 Å². The van der Waals surface area contributed by atoms with Crippen molar-refractivity contribution >= 4 is 27.0 Å². The molecule has 5 nitrogen and oxygen atoms in total. The van der Waals surface area contributed by atoms with Gasteiger partial charge in [0, 0.05) is 32.3 Å². The molecule has 1 aliphatic heterocycles. The van der Waals surface area contributed by atoms with Crippen molar-refractivity contribution in [3.8, 4) is 0 Å². The molecule has 0 bridgehead atoms. The second kappa shape index (κ2) is 6.83. The van der Waals surface area contributed by atoms with E-state index in [-0.39, 0.29) is 16.8 Å². The number of benzene rings is 1. The van der Waals surface area contributed by atoms with Gasteiger partial charge in [-0.15, -0.1) is 0 Å². The van der Waals surface area contributed by atoms with Gasteiger partial charge >= 0.3 is 0 Å². The van der Waals surface area contributed by atoms with Crippen LogP contribution in [0.2, 0.25) is 0 Å². The molecule has 0 aromatic heterocycles. The van der Waals surface area contributed by atoms with Gasteiger partial charge in [0.15, 0.2) is 9.84 Å². The van der Waals surface area contributed by atoms with E-state index in [0.29, 0.717) is 17.0 Å². The molecule has 1 fully saturated rings. The molecule has 1 aliphatic rings. The van der Waals surface area contributed by atoms with E-state index in [1.54, 1.807) is 31.4 Å². The maximum atomic E-state index is 12.3. The van der Waals surface area contributed by atoms with E-state index >= 15 is 0 Å². The molecule has 7 heteroatoms. The number of hydrogen-bond acceptors (Lipinski definition) is 5. The zero-order valence-electron chi connectivity index (χ0n) is 12.0. The summed E-state index contributed by atoms with van der Waals surface area (Å²) in [5.74, 6) is 0.107. The molecule has 0 spiro atoms. The van der Waals surface area contributed by atoms with E-state index in [2.05, 4.69) is 4.90 Å². The van der Waals surface area contributed by atoms with E-state index < -0.39 is 9.84 Å². The molecule has 1 atom stereocenters. The first-order valence-corrected chi connectivity index (χ1v) is 8.86. The van der Waals surface area contributed by atoms with Crippen LogP contribution in [0, 0.1) is 0 Å². The van der Waals surface area contributed by atoms with Crippen molar-refractivity contribution in [2.45, 2.75) is 17.4 Å². The summed E-state index contributed by atoms with van der Waals surface area (Å²) in [6.45, 7) is 2.21. The molecule has 0 saturated carbocycles. The number of nitrogens with two attached hydrogens (primary N) is 1. The summed E-state index contributed by atoms with van der Waals surface area (Å²) in [7, 11) is -1.59. The van der Waals surface area contributed by atoms with Crippen LogP contribution in [0.25, 0.3) is 0 Å². The number of ether oxygens (including phenoxy) is 1. The molecule has 1 unspecified atom stereocenters. The van der Waals surface area contributed by atoms with Gasteiger partial charge in [-0.25, -0.2) is 8.42 Å². The first-order valence-electron chi connectivity index (χ1n) is 6.80. The number of methoxy groups -OCH3 is 1. The van der Waals surface area contributed by atoms with Crippen molar-refractivity contribution in [2.75, 3.05) is 32.5 Å². The number of rotatable bonds is 6. The van der Waals surface area contributed by atoms with Gasteiger partial charge in [-0.2, -0.15) is 0 Å². The lowest BCUT2D eigenvalue weighted by Crippen LogP contribution is -2.28. The summed E-state index contributed by atoms with van der Waals surface area (Å²) in [6.07, 6.45) is 1.18. The lowest BCUT2D eigenvalue weighted by Gasteiger charge is -2.15. The summed E-state index contributed by atoms with van der Waals surface area (Å²) in [6, 6.07) is 6.41. The highest BCUT2D eigenvalue weighted by molar-refractivity contribution is 7.91. The number of thiocarbonyl (C=S) groups is 1. The van der Waals surface area contributed by atoms with Gasteiger partial charge < -0.3 is 10.5 Å². The average molecular weight is 328 g/mol. The second-order valence-electron chi connectivity index (χ2n) is 5.15. The quantitative estimate of drug-likeness (QED) is 0.779. The van der Waals surface area contributed by atoms with E-state index in [0.717, 1.165) is 19.5 Å². The summed E-state index contributed by atoms with van der Waals surface area (Å²) in [5, 5.41) is 0. The van der Waals surface area contributed by atoms with Crippen LogP contribution in [0.5, 0.6) is 0 Å². The number of likely N-dealkylation sites (tertiary alicyclic amines) is 1. The second-order valence-corrected chi connectivity index (χ2v) is 7.70. The first-order chi connectivity index (χ1) is 9.92. The van der Waals surface area contributed by atoms with Crippen molar-refractivity contribution in [3.05, 3.63) is 29.8 Å². The topological polar surface area (TPSA) is 72.6 Å². The molecule has 1 aromatic rings. The van der Waals surface area contributed by atoms with Crippen LogP contribution in [0.3, 0.4) is 0 Å². The molecule has 21 heavy (non-hydrogen) atoms. The molecule has 0 aliphatic carbocycles. The third kappa shape index (κ3) is 4.23. The molecular formula is C14H20N2O3S2. The molecule has 1 heterocycles. The van der Waals surface area contributed by atoms with Crippen molar-refractivity contribution in [2.24, 2.45) is 5.73 Å². The predicted molar refractivity (Wildman–Crippen MR) is 86.2 cm³/mol. The average Bonchev–Trinajstić information content (AvgIpc) is 2.93. The van der Waals surface area contributed by atoms with Crippen molar-refractivity contribution in [1.29, 1.82) is 0 Å². The lowest BCUT2D eigenvalue weighted by molar-refractivity contribution is 0.109. The Labute approximate surface area is 131 Å². The maximum Gasteiger partial charge on any atom is 0.179 e. The van der Waals surface area contributed by atoms with Crippen molar-refractivity contribution in [1.82, 2.24) is 4.90 Å². The van der Waals surface area contributed by atoms with Crippen LogP contribution < -0.4 is 5.73 Å². The van der Waals surface area contributed by atoms with Crippen LogP contribution in [0.4, 0.5) is 0 Å². The zero-order valence-corrected chi connectivity index (χ0v) is 13.6. The fourth-order valence-corrected chi connectivity index (χ4v) is 3.81. The fourth-order valence-electron chi connectivity index (χ4n) is 2.39. The van der Waals surface area contributed by atoms with Gasteiger partial charge in [0.25, 0.3) is 0 Å². The highest BCUT2D eigenvalue weighted by Gasteiger charge is 2.24. The Balaban J connectivity index is 1.97. The standard InChI is InChI=1S/C14H20N2O3S2/c1-19-12-6-7-16(10-12)8-9-21(17,18)13-4-2-11(3-5-13)14(15)20/h2-5,12H,6-10H2,1H3,(H2,15,20). The third-order valence-electron chi connectivity index (χ3n) is 3.74. The highest BCUT2D eigenvalue weighted by atomic mass is 32.2. The Morgan fingerprint density at radius 1 is 1.43 bits per heavy atom. The molecule has 0 amide bonds. The van der Waals surface area contributed by atoms with Crippen LogP contribution in [0.15, 0.2) is 29.2 Å². The monoisotopic (exact) mass is 328 g/mol. The molecule has 1 saturated heterocycles. The predicted octanol–water partition coefficient (Wildman–Crippen LogP) is 0.815. The minimum absolute atomic E-state index is 0.107. The minimum atomic E-state index is -3.28. The molecule has 116 valence electrons.